The highest BCUT2D eigenvalue weighted by atomic mass is 31.2. The van der Waals surface area contributed by atoms with Crippen molar-refractivity contribution in [3.63, 3.8) is 0 Å². The Morgan fingerprint density at radius 3 is 1.64 bits per heavy atom. The van der Waals surface area contributed by atoms with Gasteiger partial charge in [-0.1, -0.05) is 6.08 Å². The summed E-state index contributed by atoms with van der Waals surface area (Å²) in [6.07, 6.45) is 2.56. The number of allylic oxidation sites excluding steroid dienone is 1. The second-order valence-corrected chi connectivity index (χ2v) is 2.38. The van der Waals surface area contributed by atoms with E-state index in [1.165, 1.54) is 6.08 Å². The maximum absolute atomic E-state index is 9.51. The molecule has 0 spiro atoms. The SMILES string of the molecule is C/C=C/C(=O)O.O=P(O)(O)O. The average molecular weight is 184 g/mol. The smallest absolute Gasteiger partial charge is 0.466 e. The summed E-state index contributed by atoms with van der Waals surface area (Å²) in [6.45, 7) is 1.66. The molecule has 0 fully saturated rings. The van der Waals surface area contributed by atoms with Crippen molar-refractivity contribution in [2.45, 2.75) is 6.92 Å². The third-order valence-corrected chi connectivity index (χ3v) is 0.309. The quantitative estimate of drug-likeness (QED) is 0.329. The lowest BCUT2D eigenvalue weighted by atomic mass is 10.5. The Hall–Kier alpha value is -0.680. The van der Waals surface area contributed by atoms with Crippen LogP contribution in [-0.2, 0) is 9.36 Å². The number of rotatable bonds is 1. The highest BCUT2D eigenvalue weighted by Gasteiger charge is 2.00. The molecule has 7 heteroatoms. The number of phosphoric acid groups is 1. The summed E-state index contributed by atoms with van der Waals surface area (Å²) in [5, 5.41) is 7.83. The highest BCUT2D eigenvalue weighted by Crippen LogP contribution is 2.25. The Bertz CT molecular complexity index is 171. The van der Waals surface area contributed by atoms with Crippen molar-refractivity contribution in [1.29, 1.82) is 0 Å². The van der Waals surface area contributed by atoms with E-state index in [-0.39, 0.29) is 0 Å². The first kappa shape index (κ1) is 12.9. The summed E-state index contributed by atoms with van der Waals surface area (Å²) in [6, 6.07) is 0. The van der Waals surface area contributed by atoms with Gasteiger partial charge in [0.1, 0.15) is 0 Å². The van der Waals surface area contributed by atoms with Gasteiger partial charge in [-0.15, -0.1) is 0 Å². The van der Waals surface area contributed by atoms with Crippen LogP contribution in [0.2, 0.25) is 0 Å². The lowest BCUT2D eigenvalue weighted by molar-refractivity contribution is -0.131. The first-order chi connectivity index (χ1) is 4.77. The van der Waals surface area contributed by atoms with Crippen LogP contribution in [0.3, 0.4) is 0 Å². The molecule has 0 aliphatic rings. The van der Waals surface area contributed by atoms with Crippen molar-refractivity contribution < 1.29 is 29.1 Å². The molecule has 4 N–H and O–H groups in total. The van der Waals surface area contributed by atoms with Gasteiger partial charge in [0.25, 0.3) is 0 Å². The molecular weight excluding hydrogens is 175 g/mol. The van der Waals surface area contributed by atoms with Crippen LogP contribution in [0.4, 0.5) is 0 Å². The number of carbonyl (C=O) groups is 1. The molecule has 0 aromatic heterocycles. The molecule has 0 amide bonds. The Labute approximate surface area is 63.0 Å². The molecule has 0 aromatic carbocycles. The van der Waals surface area contributed by atoms with E-state index < -0.39 is 13.8 Å². The molecule has 0 aliphatic carbocycles. The van der Waals surface area contributed by atoms with E-state index in [1.807, 2.05) is 0 Å². The minimum absolute atomic E-state index is 0.891. The van der Waals surface area contributed by atoms with E-state index >= 15 is 0 Å². The fourth-order valence-electron chi connectivity index (χ4n) is 0.143. The lowest BCUT2D eigenvalue weighted by Crippen LogP contribution is -1.83. The largest absolute Gasteiger partial charge is 0.478 e. The molecule has 0 aromatic rings. The van der Waals surface area contributed by atoms with E-state index in [0.29, 0.717) is 0 Å². The minimum atomic E-state index is -4.64. The standard InChI is InChI=1S/C4H6O2.H3O4P/c1-2-3-4(5)6;1-5(2,3)4/h2-3H,1H3,(H,5,6);(H3,1,2,3,4)/b3-2+;. The summed E-state index contributed by atoms with van der Waals surface area (Å²) in [4.78, 5) is 31.1. The van der Waals surface area contributed by atoms with Gasteiger partial charge in [-0.05, 0) is 6.92 Å². The number of aliphatic carboxylic acids is 1. The second kappa shape index (κ2) is 6.06. The fourth-order valence-corrected chi connectivity index (χ4v) is 0.143. The van der Waals surface area contributed by atoms with Crippen molar-refractivity contribution in [2.75, 3.05) is 0 Å². The van der Waals surface area contributed by atoms with Crippen LogP contribution in [0.1, 0.15) is 6.92 Å². The van der Waals surface area contributed by atoms with E-state index in [4.69, 9.17) is 24.4 Å². The zero-order valence-corrected chi connectivity index (χ0v) is 6.60. The van der Waals surface area contributed by atoms with Gasteiger partial charge in [0, 0.05) is 6.08 Å². The molecule has 6 nitrogen and oxygen atoms in total. The Morgan fingerprint density at radius 1 is 1.36 bits per heavy atom. The predicted octanol–water partition coefficient (Wildman–Crippen LogP) is -0.282. The Balaban J connectivity index is 0. The van der Waals surface area contributed by atoms with Crippen molar-refractivity contribution in [3.8, 4) is 0 Å². The van der Waals surface area contributed by atoms with Gasteiger partial charge in [0.05, 0.1) is 0 Å². The summed E-state index contributed by atoms with van der Waals surface area (Å²) in [5.41, 5.74) is 0. The molecule has 0 rings (SSSR count). The molecule has 0 bridgehead atoms. The molecule has 11 heavy (non-hydrogen) atoms. The maximum Gasteiger partial charge on any atom is 0.466 e. The normalized spacial score (nSPS) is 10.5. The van der Waals surface area contributed by atoms with Crippen LogP contribution in [0.15, 0.2) is 12.2 Å². The van der Waals surface area contributed by atoms with Crippen molar-refractivity contribution in [1.82, 2.24) is 0 Å². The van der Waals surface area contributed by atoms with E-state index in [0.717, 1.165) is 6.08 Å². The van der Waals surface area contributed by atoms with Crippen molar-refractivity contribution >= 4 is 13.8 Å². The minimum Gasteiger partial charge on any atom is -0.478 e. The molecule has 0 atom stereocenters. The first-order valence-electron chi connectivity index (χ1n) is 2.41. The summed E-state index contributed by atoms with van der Waals surface area (Å²) < 4.78 is 8.88. The van der Waals surface area contributed by atoms with Crippen molar-refractivity contribution in [3.05, 3.63) is 12.2 Å². The summed E-state index contributed by atoms with van der Waals surface area (Å²) in [7, 11) is -4.64. The molecule has 66 valence electrons. The molecule has 0 heterocycles. The predicted molar refractivity (Wildman–Crippen MR) is 36.7 cm³/mol. The highest BCUT2D eigenvalue weighted by molar-refractivity contribution is 7.45. The maximum atomic E-state index is 9.51. The molecular formula is C4H9O6P. The number of carboxylic acid groups (broad SMARTS) is 1. The van der Waals surface area contributed by atoms with Crippen LogP contribution in [0.25, 0.3) is 0 Å². The Kier molecular flexibility index (Phi) is 7.13. The third kappa shape index (κ3) is 92.8. The van der Waals surface area contributed by atoms with Gasteiger partial charge in [0.2, 0.25) is 0 Å². The molecule has 0 saturated heterocycles. The van der Waals surface area contributed by atoms with Gasteiger partial charge in [-0.3, -0.25) is 0 Å². The van der Waals surface area contributed by atoms with Crippen LogP contribution >= 0.6 is 7.82 Å². The van der Waals surface area contributed by atoms with Gasteiger partial charge < -0.3 is 19.8 Å². The van der Waals surface area contributed by atoms with Gasteiger partial charge in [0.15, 0.2) is 0 Å². The number of hydrogen-bond acceptors (Lipinski definition) is 2. The molecule has 0 saturated carbocycles. The van der Waals surface area contributed by atoms with Gasteiger partial charge in [-0.25, -0.2) is 9.36 Å². The van der Waals surface area contributed by atoms with Crippen LogP contribution in [-0.4, -0.2) is 25.8 Å². The zero-order valence-electron chi connectivity index (χ0n) is 5.71. The van der Waals surface area contributed by atoms with Crippen LogP contribution in [0.5, 0.6) is 0 Å². The topological polar surface area (TPSA) is 115 Å². The fraction of sp³-hybridized carbons (Fsp3) is 0.250. The first-order valence-corrected chi connectivity index (χ1v) is 3.97. The average Bonchev–Trinajstić information content (AvgIpc) is 1.58. The summed E-state index contributed by atoms with van der Waals surface area (Å²) in [5.74, 6) is -0.891. The van der Waals surface area contributed by atoms with Gasteiger partial charge in [-0.2, -0.15) is 0 Å². The van der Waals surface area contributed by atoms with E-state index in [1.54, 1.807) is 6.92 Å². The molecule has 0 aliphatic heterocycles. The van der Waals surface area contributed by atoms with Gasteiger partial charge >= 0.3 is 13.8 Å². The monoisotopic (exact) mass is 184 g/mol. The molecule has 0 unspecified atom stereocenters. The zero-order chi connectivity index (χ0) is 9.49. The second-order valence-electron chi connectivity index (χ2n) is 1.35. The van der Waals surface area contributed by atoms with Crippen molar-refractivity contribution in [2.24, 2.45) is 0 Å². The lowest BCUT2D eigenvalue weighted by Gasteiger charge is -1.82. The molecule has 0 radical (unpaired) electrons. The third-order valence-electron chi connectivity index (χ3n) is 0.309. The van der Waals surface area contributed by atoms with Crippen LogP contribution in [0, 0.1) is 0 Å². The Morgan fingerprint density at radius 2 is 1.64 bits per heavy atom. The number of carboxylic acids is 1. The number of hydrogen-bond donors (Lipinski definition) is 4. The van der Waals surface area contributed by atoms with E-state index in [2.05, 4.69) is 0 Å². The van der Waals surface area contributed by atoms with E-state index in [9.17, 15) is 4.79 Å². The summed E-state index contributed by atoms with van der Waals surface area (Å²) >= 11 is 0. The van der Waals surface area contributed by atoms with Crippen LogP contribution < -0.4 is 0 Å².